The standard InChI is InChI=1S/C11H15BrN2O2S/c1-7-11(6-13)17(15,16)10-5-8(12)3-4-9(10)14(7)2/h3-5,7,11H,6,13H2,1-2H3. The first-order chi connectivity index (χ1) is 7.89. The fraction of sp³-hybridized carbons (Fsp3) is 0.455. The van der Waals surface area contributed by atoms with Gasteiger partial charge in [0.1, 0.15) is 0 Å². The minimum atomic E-state index is -3.33. The summed E-state index contributed by atoms with van der Waals surface area (Å²) in [6.45, 7) is 2.03. The van der Waals surface area contributed by atoms with Crippen molar-refractivity contribution < 1.29 is 8.42 Å². The van der Waals surface area contributed by atoms with Gasteiger partial charge in [-0.1, -0.05) is 15.9 Å². The molecule has 1 aliphatic heterocycles. The molecule has 0 fully saturated rings. The number of rotatable bonds is 1. The van der Waals surface area contributed by atoms with Crippen molar-refractivity contribution in [3.05, 3.63) is 22.7 Å². The van der Waals surface area contributed by atoms with Gasteiger partial charge in [0.25, 0.3) is 0 Å². The topological polar surface area (TPSA) is 63.4 Å². The second-order valence-electron chi connectivity index (χ2n) is 4.28. The molecule has 0 spiro atoms. The third-order valence-electron chi connectivity index (χ3n) is 3.39. The quantitative estimate of drug-likeness (QED) is 0.850. The Labute approximate surface area is 110 Å². The van der Waals surface area contributed by atoms with Crippen LogP contribution in [0.25, 0.3) is 0 Å². The van der Waals surface area contributed by atoms with E-state index in [0.29, 0.717) is 4.90 Å². The lowest BCUT2D eigenvalue weighted by Crippen LogP contribution is -2.51. The molecule has 2 N–H and O–H groups in total. The Kier molecular flexibility index (Phi) is 3.22. The number of benzene rings is 1. The van der Waals surface area contributed by atoms with Crippen LogP contribution in [0.1, 0.15) is 6.92 Å². The van der Waals surface area contributed by atoms with Gasteiger partial charge in [-0.15, -0.1) is 0 Å². The van der Waals surface area contributed by atoms with Crippen molar-refractivity contribution in [3.63, 3.8) is 0 Å². The largest absolute Gasteiger partial charge is 0.369 e. The maximum Gasteiger partial charge on any atom is 0.186 e. The molecule has 2 atom stereocenters. The summed E-state index contributed by atoms with van der Waals surface area (Å²) >= 11 is 3.30. The molecule has 17 heavy (non-hydrogen) atoms. The Morgan fingerprint density at radius 2 is 2.12 bits per heavy atom. The molecule has 2 rings (SSSR count). The first-order valence-electron chi connectivity index (χ1n) is 5.36. The highest BCUT2D eigenvalue weighted by Gasteiger charge is 2.40. The van der Waals surface area contributed by atoms with Gasteiger partial charge in [-0.25, -0.2) is 8.42 Å². The lowest BCUT2D eigenvalue weighted by molar-refractivity contribution is 0.539. The van der Waals surface area contributed by atoms with Gasteiger partial charge in [0, 0.05) is 24.1 Å². The van der Waals surface area contributed by atoms with Crippen molar-refractivity contribution in [3.8, 4) is 0 Å². The van der Waals surface area contributed by atoms with Gasteiger partial charge in [-0.2, -0.15) is 0 Å². The van der Waals surface area contributed by atoms with Crippen molar-refractivity contribution in [1.29, 1.82) is 0 Å². The first-order valence-corrected chi connectivity index (χ1v) is 7.70. The van der Waals surface area contributed by atoms with Gasteiger partial charge in [0.15, 0.2) is 9.84 Å². The van der Waals surface area contributed by atoms with Gasteiger partial charge in [0.2, 0.25) is 0 Å². The first kappa shape index (κ1) is 12.9. The van der Waals surface area contributed by atoms with E-state index in [1.165, 1.54) is 0 Å². The molecule has 0 aliphatic carbocycles. The average molecular weight is 319 g/mol. The van der Waals surface area contributed by atoms with E-state index in [4.69, 9.17) is 5.73 Å². The fourth-order valence-corrected chi connectivity index (χ4v) is 4.81. The van der Waals surface area contributed by atoms with Gasteiger partial charge in [0.05, 0.1) is 15.8 Å². The second kappa shape index (κ2) is 4.26. The Morgan fingerprint density at radius 1 is 1.47 bits per heavy atom. The van der Waals surface area contributed by atoms with E-state index in [-0.39, 0.29) is 12.6 Å². The molecule has 94 valence electrons. The van der Waals surface area contributed by atoms with Gasteiger partial charge >= 0.3 is 0 Å². The van der Waals surface area contributed by atoms with Gasteiger partial charge in [-0.3, -0.25) is 0 Å². The van der Waals surface area contributed by atoms with Crippen molar-refractivity contribution in [2.24, 2.45) is 5.73 Å². The van der Waals surface area contributed by atoms with E-state index in [2.05, 4.69) is 15.9 Å². The Morgan fingerprint density at radius 3 is 2.71 bits per heavy atom. The summed E-state index contributed by atoms with van der Waals surface area (Å²) in [4.78, 5) is 2.34. The van der Waals surface area contributed by atoms with Crippen molar-refractivity contribution in [2.75, 3.05) is 18.5 Å². The van der Waals surface area contributed by atoms with Crippen LogP contribution in [0.3, 0.4) is 0 Å². The lowest BCUT2D eigenvalue weighted by Gasteiger charge is -2.38. The van der Waals surface area contributed by atoms with Crippen LogP contribution in [0.5, 0.6) is 0 Å². The summed E-state index contributed by atoms with van der Waals surface area (Å²) in [5.74, 6) is 0. The zero-order valence-corrected chi connectivity index (χ0v) is 12.1. The molecule has 0 amide bonds. The molecule has 2 unspecified atom stereocenters. The average Bonchev–Trinajstić information content (AvgIpc) is 2.27. The van der Waals surface area contributed by atoms with Crippen LogP contribution in [0, 0.1) is 0 Å². The van der Waals surface area contributed by atoms with Crippen LogP contribution in [0.4, 0.5) is 5.69 Å². The molecule has 0 saturated carbocycles. The summed E-state index contributed by atoms with van der Waals surface area (Å²) in [5, 5.41) is -0.547. The molecule has 1 aliphatic rings. The van der Waals surface area contributed by atoms with Crippen LogP contribution in [0.15, 0.2) is 27.6 Å². The van der Waals surface area contributed by atoms with Crippen LogP contribution in [-0.4, -0.2) is 33.3 Å². The maximum atomic E-state index is 12.4. The van der Waals surface area contributed by atoms with Crippen molar-refractivity contribution >= 4 is 31.5 Å². The Bertz CT molecular complexity index is 544. The molecule has 0 radical (unpaired) electrons. The molecule has 1 aromatic carbocycles. The second-order valence-corrected chi connectivity index (χ2v) is 7.33. The summed E-state index contributed by atoms with van der Waals surface area (Å²) < 4.78 is 25.6. The van der Waals surface area contributed by atoms with E-state index in [1.807, 2.05) is 31.0 Å². The Hall–Kier alpha value is -0.590. The monoisotopic (exact) mass is 318 g/mol. The van der Waals surface area contributed by atoms with E-state index >= 15 is 0 Å². The highest BCUT2D eigenvalue weighted by atomic mass is 79.9. The SMILES string of the molecule is CC1C(CN)S(=O)(=O)c2cc(Br)ccc2N1C. The summed E-state index contributed by atoms with van der Waals surface area (Å²) in [6.07, 6.45) is 0. The number of sulfone groups is 1. The van der Waals surface area contributed by atoms with E-state index in [1.54, 1.807) is 6.07 Å². The summed E-state index contributed by atoms with van der Waals surface area (Å²) in [5.41, 5.74) is 6.35. The van der Waals surface area contributed by atoms with Gasteiger partial charge in [-0.05, 0) is 25.1 Å². The molecule has 0 aromatic heterocycles. The van der Waals surface area contributed by atoms with Crippen LogP contribution >= 0.6 is 15.9 Å². The zero-order chi connectivity index (χ0) is 12.8. The predicted octanol–water partition coefficient (Wildman–Crippen LogP) is 1.39. The lowest BCUT2D eigenvalue weighted by atomic mass is 10.1. The minimum Gasteiger partial charge on any atom is -0.369 e. The number of nitrogens with two attached hydrogens (primary N) is 1. The number of anilines is 1. The van der Waals surface area contributed by atoms with E-state index in [9.17, 15) is 8.42 Å². The van der Waals surface area contributed by atoms with Crippen molar-refractivity contribution in [2.45, 2.75) is 23.1 Å². The summed E-state index contributed by atoms with van der Waals surface area (Å²) in [6, 6.07) is 5.20. The van der Waals surface area contributed by atoms with E-state index in [0.717, 1.165) is 10.2 Å². The van der Waals surface area contributed by atoms with E-state index < -0.39 is 15.1 Å². The molecular formula is C11H15BrN2O2S. The highest BCUT2D eigenvalue weighted by molar-refractivity contribution is 9.10. The Balaban J connectivity index is 2.71. The normalized spacial score (nSPS) is 26.7. The molecule has 0 saturated heterocycles. The minimum absolute atomic E-state index is 0.112. The smallest absolute Gasteiger partial charge is 0.186 e. The predicted molar refractivity (Wildman–Crippen MR) is 72.0 cm³/mol. The highest BCUT2D eigenvalue weighted by Crippen LogP contribution is 2.37. The molecule has 4 nitrogen and oxygen atoms in total. The molecular weight excluding hydrogens is 304 g/mol. The van der Waals surface area contributed by atoms with Crippen LogP contribution in [-0.2, 0) is 9.84 Å². The molecule has 1 heterocycles. The van der Waals surface area contributed by atoms with Gasteiger partial charge < -0.3 is 10.6 Å². The molecule has 0 bridgehead atoms. The number of fused-ring (bicyclic) bond motifs is 1. The fourth-order valence-electron chi connectivity index (χ4n) is 2.22. The number of hydrogen-bond acceptors (Lipinski definition) is 4. The molecule has 1 aromatic rings. The number of halogens is 1. The van der Waals surface area contributed by atoms with Crippen LogP contribution < -0.4 is 10.6 Å². The number of nitrogens with zero attached hydrogens (tertiary/aromatic N) is 1. The third kappa shape index (κ3) is 1.88. The summed E-state index contributed by atoms with van der Waals surface area (Å²) in [7, 11) is -1.44. The molecule has 6 heteroatoms. The maximum absolute atomic E-state index is 12.4. The number of hydrogen-bond donors (Lipinski definition) is 1. The third-order valence-corrected chi connectivity index (χ3v) is 6.20. The zero-order valence-electron chi connectivity index (χ0n) is 9.72. The van der Waals surface area contributed by atoms with Crippen molar-refractivity contribution in [1.82, 2.24) is 0 Å². The van der Waals surface area contributed by atoms with Crippen LogP contribution in [0.2, 0.25) is 0 Å².